The van der Waals surface area contributed by atoms with Crippen LogP contribution in [0.2, 0.25) is 0 Å². The third-order valence-electron chi connectivity index (χ3n) is 5.47. The second kappa shape index (κ2) is 7.26. The quantitative estimate of drug-likeness (QED) is 0.572. The van der Waals surface area contributed by atoms with Gasteiger partial charge >= 0.3 is 0 Å². The Hall–Kier alpha value is -2.89. The first-order chi connectivity index (χ1) is 13.8. The highest BCUT2D eigenvalue weighted by Crippen LogP contribution is 2.27. The summed E-state index contributed by atoms with van der Waals surface area (Å²) >= 11 is 0. The fraction of sp³-hybridized carbons (Fsp3) is 0.261. The lowest BCUT2D eigenvalue weighted by Gasteiger charge is -2.35. The summed E-state index contributed by atoms with van der Waals surface area (Å²) in [6.07, 6.45) is 1.84. The summed E-state index contributed by atoms with van der Waals surface area (Å²) < 4.78 is 6.20. The van der Waals surface area contributed by atoms with E-state index in [4.69, 9.17) is 4.74 Å². The summed E-state index contributed by atoms with van der Waals surface area (Å²) in [6.45, 7) is 2.29. The largest absolute Gasteiger partial charge is 0.487 e. The molecular weight excluding hydrogens is 350 g/mol. The van der Waals surface area contributed by atoms with Gasteiger partial charge in [0, 0.05) is 42.4 Å². The number of nitrogens with zero attached hydrogens (tertiary/aromatic N) is 2. The van der Waals surface area contributed by atoms with Crippen LogP contribution < -0.4 is 4.74 Å². The van der Waals surface area contributed by atoms with Crippen LogP contribution in [0.3, 0.4) is 0 Å². The van der Waals surface area contributed by atoms with Gasteiger partial charge in [0.15, 0.2) is 0 Å². The minimum Gasteiger partial charge on any atom is -0.487 e. The monoisotopic (exact) mass is 373 g/mol. The number of fused-ring (bicyclic) bond motifs is 2. The second-order valence-electron chi connectivity index (χ2n) is 7.46. The summed E-state index contributed by atoms with van der Waals surface area (Å²) in [6, 6.07) is 20.3. The number of aliphatic hydroxyl groups excluding tert-OH is 1. The Balaban J connectivity index is 1.26. The lowest BCUT2D eigenvalue weighted by atomic mass is 10.0. The molecule has 5 heteroatoms. The fourth-order valence-corrected chi connectivity index (χ4v) is 4.06. The molecule has 0 amide bonds. The van der Waals surface area contributed by atoms with Crippen molar-refractivity contribution in [3.05, 3.63) is 72.6 Å². The zero-order valence-corrected chi connectivity index (χ0v) is 15.6. The van der Waals surface area contributed by atoms with E-state index in [-0.39, 0.29) is 6.10 Å². The van der Waals surface area contributed by atoms with Crippen LogP contribution in [0, 0.1) is 0 Å². The van der Waals surface area contributed by atoms with E-state index in [1.54, 1.807) is 6.20 Å². The molecule has 5 nitrogen and oxygen atoms in total. The number of nitrogens with one attached hydrogen (secondary N) is 1. The van der Waals surface area contributed by atoms with Gasteiger partial charge in [-0.25, -0.2) is 0 Å². The minimum absolute atomic E-state index is 0.204. The highest BCUT2D eigenvalue weighted by Gasteiger charge is 2.29. The number of likely N-dealkylation sites (tertiary alicyclic amines) is 1. The number of H-pyrrole nitrogens is 1. The van der Waals surface area contributed by atoms with E-state index in [1.165, 1.54) is 11.1 Å². The number of pyridine rings is 1. The molecule has 28 heavy (non-hydrogen) atoms. The lowest BCUT2D eigenvalue weighted by Crippen LogP contribution is -2.48. The van der Waals surface area contributed by atoms with E-state index >= 15 is 0 Å². The van der Waals surface area contributed by atoms with Gasteiger partial charge < -0.3 is 14.8 Å². The van der Waals surface area contributed by atoms with E-state index in [0.29, 0.717) is 6.54 Å². The Morgan fingerprint density at radius 3 is 2.93 bits per heavy atom. The van der Waals surface area contributed by atoms with Crippen molar-refractivity contribution < 1.29 is 9.84 Å². The summed E-state index contributed by atoms with van der Waals surface area (Å²) in [5, 5.41) is 12.9. The maximum atomic E-state index is 10.7. The van der Waals surface area contributed by atoms with Crippen LogP contribution in [0.15, 0.2) is 66.9 Å². The molecule has 2 aromatic heterocycles. The predicted molar refractivity (Wildman–Crippen MR) is 110 cm³/mol. The van der Waals surface area contributed by atoms with Gasteiger partial charge in [-0.3, -0.25) is 9.88 Å². The van der Waals surface area contributed by atoms with Gasteiger partial charge in [-0.15, -0.1) is 0 Å². The van der Waals surface area contributed by atoms with Crippen LogP contribution in [0.25, 0.3) is 21.8 Å². The molecule has 2 atom stereocenters. The van der Waals surface area contributed by atoms with E-state index in [1.807, 2.05) is 36.4 Å². The van der Waals surface area contributed by atoms with Crippen molar-refractivity contribution in [1.82, 2.24) is 14.9 Å². The zero-order chi connectivity index (χ0) is 18.9. The van der Waals surface area contributed by atoms with Gasteiger partial charge in [0.25, 0.3) is 0 Å². The zero-order valence-electron chi connectivity index (χ0n) is 15.6. The molecule has 1 fully saturated rings. The second-order valence-corrected chi connectivity index (χ2v) is 7.46. The van der Waals surface area contributed by atoms with Gasteiger partial charge in [-0.2, -0.15) is 0 Å². The van der Waals surface area contributed by atoms with Crippen molar-refractivity contribution in [3.8, 4) is 5.75 Å². The molecule has 0 unspecified atom stereocenters. The topological polar surface area (TPSA) is 61.4 Å². The minimum atomic E-state index is -0.523. The number of benzene rings is 2. The number of hydrogen-bond acceptors (Lipinski definition) is 4. The third kappa shape index (κ3) is 3.35. The highest BCUT2D eigenvalue weighted by molar-refractivity contribution is 5.84. The highest BCUT2D eigenvalue weighted by atomic mass is 16.5. The first-order valence-electron chi connectivity index (χ1n) is 9.74. The molecule has 2 aromatic carbocycles. The molecule has 0 saturated carbocycles. The molecule has 0 radical (unpaired) electrons. The maximum absolute atomic E-state index is 10.7. The van der Waals surface area contributed by atoms with Crippen molar-refractivity contribution in [2.75, 3.05) is 13.1 Å². The molecular formula is C23H23N3O2. The van der Waals surface area contributed by atoms with Gasteiger partial charge in [0.1, 0.15) is 18.0 Å². The van der Waals surface area contributed by atoms with Crippen LogP contribution >= 0.6 is 0 Å². The van der Waals surface area contributed by atoms with Crippen molar-refractivity contribution in [2.45, 2.75) is 25.2 Å². The molecule has 4 aromatic rings. The Morgan fingerprint density at radius 1 is 1.11 bits per heavy atom. The van der Waals surface area contributed by atoms with Crippen LogP contribution in [0.5, 0.6) is 5.75 Å². The number of para-hydroxylation sites is 1. The van der Waals surface area contributed by atoms with Crippen molar-refractivity contribution in [3.63, 3.8) is 0 Å². The van der Waals surface area contributed by atoms with E-state index in [9.17, 15) is 5.11 Å². The molecule has 1 aliphatic heterocycles. The average Bonchev–Trinajstić information content (AvgIpc) is 3.12. The van der Waals surface area contributed by atoms with Crippen molar-refractivity contribution in [1.29, 1.82) is 0 Å². The Labute approximate surface area is 163 Å². The van der Waals surface area contributed by atoms with Crippen molar-refractivity contribution in [2.24, 2.45) is 0 Å². The number of piperidine rings is 1. The number of ether oxygens (including phenoxy) is 1. The van der Waals surface area contributed by atoms with E-state index < -0.39 is 6.10 Å². The SMILES string of the molecule is O[C@@H]1CN(Cc2cc3ccccc3[nH]2)CC[C@H]1Oc1cccc2ncccc12. The van der Waals surface area contributed by atoms with Crippen LogP contribution in [-0.2, 0) is 6.54 Å². The molecule has 5 rings (SSSR count). The molecule has 1 aliphatic rings. The van der Waals surface area contributed by atoms with Crippen LogP contribution in [-0.4, -0.2) is 45.3 Å². The molecule has 3 heterocycles. The molecule has 0 bridgehead atoms. The first kappa shape index (κ1) is 17.2. The summed E-state index contributed by atoms with van der Waals surface area (Å²) in [5.74, 6) is 0.790. The molecule has 1 saturated heterocycles. The normalized spacial score (nSPS) is 20.6. The molecule has 142 valence electrons. The first-order valence-corrected chi connectivity index (χ1v) is 9.74. The summed E-state index contributed by atoms with van der Waals surface area (Å²) in [4.78, 5) is 10.1. The summed E-state index contributed by atoms with van der Waals surface area (Å²) in [5.41, 5.74) is 3.24. The van der Waals surface area contributed by atoms with Crippen molar-refractivity contribution >= 4 is 21.8 Å². The maximum Gasteiger partial charge on any atom is 0.129 e. The van der Waals surface area contributed by atoms with E-state index in [0.717, 1.165) is 41.7 Å². The number of aromatic nitrogens is 2. The van der Waals surface area contributed by atoms with Gasteiger partial charge in [0.2, 0.25) is 0 Å². The summed E-state index contributed by atoms with van der Waals surface area (Å²) in [7, 11) is 0. The molecule has 2 N–H and O–H groups in total. The Morgan fingerprint density at radius 2 is 2.04 bits per heavy atom. The number of aromatic amines is 1. The fourth-order valence-electron chi connectivity index (χ4n) is 4.06. The smallest absolute Gasteiger partial charge is 0.129 e. The van der Waals surface area contributed by atoms with Crippen LogP contribution in [0.1, 0.15) is 12.1 Å². The Kier molecular flexibility index (Phi) is 4.47. The average molecular weight is 373 g/mol. The predicted octanol–water partition coefficient (Wildman–Crippen LogP) is 3.73. The molecule has 0 aliphatic carbocycles. The number of aliphatic hydroxyl groups is 1. The Bertz CT molecular complexity index is 1070. The number of hydrogen-bond donors (Lipinski definition) is 2. The standard InChI is InChI=1S/C23H23N3O2/c27-21-15-26(14-17-13-16-5-1-2-7-19(16)25-17)12-10-23(21)28-22-9-3-8-20-18(22)6-4-11-24-20/h1-9,11,13,21,23,25,27H,10,12,14-15H2/t21-,23-/m1/s1. The van der Waals surface area contributed by atoms with Gasteiger partial charge in [0.05, 0.1) is 5.52 Å². The third-order valence-corrected chi connectivity index (χ3v) is 5.47. The van der Waals surface area contributed by atoms with Gasteiger partial charge in [-0.1, -0.05) is 24.3 Å². The van der Waals surface area contributed by atoms with Gasteiger partial charge in [-0.05, 0) is 48.2 Å². The number of β-amino-alcohol motifs (C(OH)–C–C–N with tert-alkyl or cyclic N) is 1. The molecule has 0 spiro atoms. The number of rotatable bonds is 4. The lowest BCUT2D eigenvalue weighted by molar-refractivity contribution is -0.0271. The van der Waals surface area contributed by atoms with Crippen LogP contribution in [0.4, 0.5) is 0 Å². The van der Waals surface area contributed by atoms with E-state index in [2.05, 4.69) is 39.1 Å².